The van der Waals surface area contributed by atoms with Crippen molar-refractivity contribution in [3.8, 4) is 0 Å². The molecule has 0 aromatic heterocycles. The van der Waals surface area contributed by atoms with Crippen LogP contribution in [-0.2, 0) is 19.2 Å². The number of nitrogens with zero attached hydrogens (tertiary/aromatic N) is 2. The number of aliphatic hydroxyl groups excluding tert-OH is 2. The highest BCUT2D eigenvalue weighted by atomic mass is 16.7. The molecule has 2 amide bonds. The second kappa shape index (κ2) is 17.9. The van der Waals surface area contributed by atoms with Crippen LogP contribution >= 0.6 is 0 Å². The van der Waals surface area contributed by atoms with Gasteiger partial charge in [0.05, 0.1) is 18.8 Å². The highest BCUT2D eigenvalue weighted by Crippen LogP contribution is 2.61. The van der Waals surface area contributed by atoms with Gasteiger partial charge in [0.25, 0.3) is 0 Å². The van der Waals surface area contributed by atoms with Crippen LogP contribution < -0.4 is 10.6 Å². The summed E-state index contributed by atoms with van der Waals surface area (Å²) in [6, 6.07) is -0.379. The van der Waals surface area contributed by atoms with E-state index in [1.807, 2.05) is 7.11 Å². The molecular formula is C43H76N4O6. The van der Waals surface area contributed by atoms with E-state index in [2.05, 4.69) is 50.4 Å². The fourth-order valence-electron chi connectivity index (χ4n) is 12.7. The third kappa shape index (κ3) is 9.14. The number of methoxy groups -OCH3 is 1. The molecule has 1 aliphatic heterocycles. The number of ether oxygens (including phenoxy) is 1. The second-order valence-electron chi connectivity index (χ2n) is 19.6. The van der Waals surface area contributed by atoms with Crippen LogP contribution in [0.1, 0.15) is 124 Å². The van der Waals surface area contributed by atoms with Crippen molar-refractivity contribution in [2.75, 3.05) is 40.9 Å². The summed E-state index contributed by atoms with van der Waals surface area (Å²) in [6.07, 6.45) is 15.6. The predicted octanol–water partition coefficient (Wildman–Crippen LogP) is 5.40. The molecule has 0 spiro atoms. The Balaban J connectivity index is 1.11. The van der Waals surface area contributed by atoms with Gasteiger partial charge in [-0.05, 0) is 107 Å². The molecule has 10 nitrogen and oxygen atoms in total. The molecule has 4 N–H and O–H groups in total. The first-order valence-electron chi connectivity index (χ1n) is 21.8. The highest BCUT2D eigenvalue weighted by molar-refractivity contribution is 5.83. The van der Waals surface area contributed by atoms with Gasteiger partial charge in [-0.2, -0.15) is 5.06 Å². The van der Waals surface area contributed by atoms with Crippen molar-refractivity contribution in [1.29, 1.82) is 0 Å². The largest absolute Gasteiger partial charge is 0.394 e. The lowest BCUT2D eigenvalue weighted by Gasteiger charge is -2.62. The van der Waals surface area contributed by atoms with Gasteiger partial charge in [0.2, 0.25) is 11.8 Å². The summed E-state index contributed by atoms with van der Waals surface area (Å²) >= 11 is 0. The normalized spacial score (nSPS) is 40.3. The van der Waals surface area contributed by atoms with Crippen LogP contribution in [0, 0.1) is 58.7 Å². The van der Waals surface area contributed by atoms with Gasteiger partial charge in [-0.25, -0.2) is 0 Å². The Morgan fingerprint density at radius 2 is 1.72 bits per heavy atom. The predicted molar refractivity (Wildman–Crippen MR) is 207 cm³/mol. The number of hydrogen-bond acceptors (Lipinski definition) is 8. The van der Waals surface area contributed by atoms with Crippen LogP contribution in [0.2, 0.25) is 0 Å². The minimum absolute atomic E-state index is 0.0125. The second-order valence-corrected chi connectivity index (χ2v) is 19.6. The third-order valence-corrected chi connectivity index (χ3v) is 15.7. The quantitative estimate of drug-likeness (QED) is 0.187. The SMILES string of the molecule is COC1C(CN2O[C@@H](CO)[C@@H]([C@H](C)O)[C@H]2C(=O)N[C@@H]2C[C@H]3C[C@@H]([C@@H]2C)C3(C)C)CCCC1C1CCCC(C(=O)N[C@@H](CC2CCCCC2)CN(C)C)C1. The van der Waals surface area contributed by atoms with E-state index in [0.29, 0.717) is 41.5 Å². The number of carbonyl (C=O) groups excluding carboxylic acids is 2. The molecule has 0 aromatic carbocycles. The lowest BCUT2D eigenvalue weighted by molar-refractivity contribution is -0.193. The number of hydroxylamine groups is 2. The minimum atomic E-state index is -0.813. The first-order valence-corrected chi connectivity index (χ1v) is 21.8. The fourth-order valence-corrected chi connectivity index (χ4v) is 12.7. The van der Waals surface area contributed by atoms with Crippen LogP contribution in [0.25, 0.3) is 0 Å². The number of nitrogens with one attached hydrogen (secondary N) is 2. The van der Waals surface area contributed by atoms with Crippen molar-refractivity contribution >= 4 is 11.8 Å². The number of rotatable bonds is 14. The Hall–Kier alpha value is -1.30. The van der Waals surface area contributed by atoms with Crippen LogP contribution in [0.4, 0.5) is 0 Å². The van der Waals surface area contributed by atoms with Gasteiger partial charge in [-0.3, -0.25) is 14.4 Å². The van der Waals surface area contributed by atoms with Gasteiger partial charge < -0.3 is 30.5 Å². The maximum absolute atomic E-state index is 14.3. The average molecular weight is 745 g/mol. The van der Waals surface area contributed by atoms with E-state index in [1.54, 1.807) is 12.0 Å². The Labute approximate surface area is 321 Å². The van der Waals surface area contributed by atoms with E-state index in [-0.39, 0.29) is 48.4 Å². The molecule has 0 aromatic rings. The summed E-state index contributed by atoms with van der Waals surface area (Å²) in [5.74, 6) is 2.87. The Morgan fingerprint density at radius 1 is 0.981 bits per heavy atom. The summed E-state index contributed by atoms with van der Waals surface area (Å²) < 4.78 is 6.38. The molecule has 0 radical (unpaired) electrons. The summed E-state index contributed by atoms with van der Waals surface area (Å²) in [6.45, 7) is 9.88. The van der Waals surface area contributed by atoms with Crippen molar-refractivity contribution < 1.29 is 29.4 Å². The van der Waals surface area contributed by atoms with Gasteiger partial charge in [-0.15, -0.1) is 0 Å². The number of aliphatic hydroxyl groups is 2. The Morgan fingerprint density at radius 3 is 2.36 bits per heavy atom. The molecule has 6 aliphatic carbocycles. The molecule has 7 aliphatic rings. The molecule has 7 rings (SSSR count). The molecule has 1 heterocycles. The van der Waals surface area contributed by atoms with Crippen molar-refractivity contribution in [1.82, 2.24) is 20.6 Å². The zero-order valence-electron chi connectivity index (χ0n) is 34.3. The first-order chi connectivity index (χ1) is 25.3. The highest BCUT2D eigenvalue weighted by Gasteiger charge is 2.58. The molecule has 304 valence electrons. The summed E-state index contributed by atoms with van der Waals surface area (Å²) in [7, 11) is 6.04. The number of likely N-dealkylation sites (N-methyl/N-ethyl adjacent to an activating group) is 1. The molecule has 6 saturated carbocycles. The maximum Gasteiger partial charge on any atom is 0.240 e. The third-order valence-electron chi connectivity index (χ3n) is 15.7. The van der Waals surface area contributed by atoms with Crippen molar-refractivity contribution in [3.05, 3.63) is 0 Å². The first kappa shape index (κ1) is 41.3. The van der Waals surface area contributed by atoms with E-state index < -0.39 is 24.2 Å². The summed E-state index contributed by atoms with van der Waals surface area (Å²) in [4.78, 5) is 36.8. The molecular weight excluding hydrogens is 668 g/mol. The summed E-state index contributed by atoms with van der Waals surface area (Å²) in [5, 5.41) is 30.1. The van der Waals surface area contributed by atoms with Gasteiger partial charge in [0, 0.05) is 50.0 Å². The molecule has 7 fully saturated rings. The standard InChI is InChI=1S/C43H76N4O6/c1-26-35-21-32(43(35,3)4)22-36(26)45-42(51)39-38(27(2)49)37(25-48)53-47(39)23-31-17-12-18-34(40(31)52-7)29-15-11-16-30(20-29)41(50)44-33(24-46(5)6)19-28-13-9-8-10-14-28/h26-40,48-49H,8-25H2,1-7H3,(H,44,50)(H,45,51)/t26-,27-,29?,30?,31?,32+,33-,34?,35-,36+,37-,38+,39-,40?/m0/s1. The minimum Gasteiger partial charge on any atom is -0.394 e. The van der Waals surface area contributed by atoms with Crippen molar-refractivity contribution in [2.45, 2.75) is 160 Å². The Bertz CT molecular complexity index is 1210. The average Bonchev–Trinajstić information content (AvgIpc) is 3.51. The smallest absolute Gasteiger partial charge is 0.240 e. The fraction of sp³-hybridized carbons (Fsp3) is 0.953. The topological polar surface area (TPSA) is 124 Å². The van der Waals surface area contributed by atoms with E-state index in [1.165, 1.54) is 38.5 Å². The molecule has 1 saturated heterocycles. The molecule has 10 heteroatoms. The van der Waals surface area contributed by atoms with Gasteiger partial charge in [0.15, 0.2) is 0 Å². The molecule has 2 bridgehead atoms. The number of fused-ring (bicyclic) bond motifs is 2. The number of hydrogen-bond donors (Lipinski definition) is 4. The van der Waals surface area contributed by atoms with E-state index in [4.69, 9.17) is 9.57 Å². The molecule has 5 unspecified atom stereocenters. The monoisotopic (exact) mass is 745 g/mol. The van der Waals surface area contributed by atoms with E-state index >= 15 is 0 Å². The van der Waals surface area contributed by atoms with Gasteiger partial charge in [0.1, 0.15) is 12.1 Å². The van der Waals surface area contributed by atoms with Crippen LogP contribution in [-0.4, -0.2) is 109 Å². The van der Waals surface area contributed by atoms with Gasteiger partial charge >= 0.3 is 0 Å². The zero-order valence-corrected chi connectivity index (χ0v) is 34.3. The summed E-state index contributed by atoms with van der Waals surface area (Å²) in [5.41, 5.74) is 0.325. The van der Waals surface area contributed by atoms with Crippen LogP contribution in [0.15, 0.2) is 0 Å². The maximum atomic E-state index is 14.3. The Kier molecular flexibility index (Phi) is 13.9. The number of carbonyl (C=O) groups is 2. The van der Waals surface area contributed by atoms with E-state index in [0.717, 1.165) is 70.3 Å². The van der Waals surface area contributed by atoms with Gasteiger partial charge in [-0.1, -0.05) is 72.1 Å². The van der Waals surface area contributed by atoms with Crippen molar-refractivity contribution in [2.24, 2.45) is 58.7 Å². The van der Waals surface area contributed by atoms with Crippen LogP contribution in [0.5, 0.6) is 0 Å². The lowest BCUT2D eigenvalue weighted by Crippen LogP contribution is -2.62. The van der Waals surface area contributed by atoms with Crippen LogP contribution in [0.3, 0.4) is 0 Å². The zero-order chi connectivity index (χ0) is 38.0. The lowest BCUT2D eigenvalue weighted by atomic mass is 9.45. The number of amides is 2. The van der Waals surface area contributed by atoms with E-state index in [9.17, 15) is 19.8 Å². The molecule has 14 atom stereocenters. The molecule has 53 heavy (non-hydrogen) atoms. The van der Waals surface area contributed by atoms with Crippen molar-refractivity contribution in [3.63, 3.8) is 0 Å².